The van der Waals surface area contributed by atoms with Gasteiger partial charge in [-0.1, -0.05) is 6.92 Å². The van der Waals surface area contributed by atoms with Crippen LogP contribution in [0.5, 0.6) is 5.75 Å². The molecule has 5 nitrogen and oxygen atoms in total. The summed E-state index contributed by atoms with van der Waals surface area (Å²) in [7, 11) is 0. The highest BCUT2D eigenvalue weighted by Crippen LogP contribution is 2.59. The molecule has 2 atom stereocenters. The first-order valence-electron chi connectivity index (χ1n) is 7.04. The zero-order valence-electron chi connectivity index (χ0n) is 13.0. The number of carbonyl (C=O) groups is 1. The van der Waals surface area contributed by atoms with E-state index >= 15 is 0 Å². The summed E-state index contributed by atoms with van der Waals surface area (Å²) in [5.74, 6) is -0.173. The molecule has 1 aromatic rings. The molecule has 1 aromatic heterocycles. The lowest BCUT2D eigenvalue weighted by molar-refractivity contribution is 0.0630. The maximum Gasteiger partial charge on any atom is 0.413 e. The third kappa shape index (κ3) is 3.28. The van der Waals surface area contributed by atoms with E-state index in [1.807, 2.05) is 0 Å². The van der Waals surface area contributed by atoms with Gasteiger partial charge in [0.05, 0.1) is 5.41 Å². The van der Waals surface area contributed by atoms with Crippen LogP contribution < -0.4 is 15.6 Å². The second-order valence-electron chi connectivity index (χ2n) is 6.88. The fourth-order valence-electron chi connectivity index (χ4n) is 2.25. The molecular formula is C15H20F2N2O3. The predicted octanol–water partition coefficient (Wildman–Crippen LogP) is 2.95. The average molecular weight is 314 g/mol. The molecule has 2 rings (SSSR count). The minimum atomic E-state index is -2.50. The summed E-state index contributed by atoms with van der Waals surface area (Å²) in [6.07, 6.45) is -1.59. The van der Waals surface area contributed by atoms with Crippen molar-refractivity contribution in [3.05, 3.63) is 28.7 Å². The summed E-state index contributed by atoms with van der Waals surface area (Å²) in [5, 5.41) is 2.56. The molecule has 1 heterocycles. The Hall–Kier alpha value is -1.92. The number of ether oxygens (including phenoxy) is 1. The Balaban J connectivity index is 2.18. The van der Waals surface area contributed by atoms with E-state index in [-0.39, 0.29) is 12.2 Å². The largest absolute Gasteiger partial charge is 0.413 e. The van der Waals surface area contributed by atoms with Crippen molar-refractivity contribution >= 4 is 6.09 Å². The topological polar surface area (TPSA) is 60.3 Å². The van der Waals surface area contributed by atoms with Crippen molar-refractivity contribution in [1.29, 1.82) is 0 Å². The zero-order chi connectivity index (χ0) is 16.7. The van der Waals surface area contributed by atoms with Crippen LogP contribution in [0.4, 0.5) is 13.6 Å². The van der Waals surface area contributed by atoms with Crippen molar-refractivity contribution < 1.29 is 18.3 Å². The first-order chi connectivity index (χ1) is 10.0. The van der Waals surface area contributed by atoms with Crippen LogP contribution in [0.15, 0.2) is 23.1 Å². The predicted molar refractivity (Wildman–Crippen MR) is 77.4 cm³/mol. The maximum absolute atomic E-state index is 13.0. The zero-order valence-corrected chi connectivity index (χ0v) is 13.0. The van der Waals surface area contributed by atoms with Gasteiger partial charge in [-0.2, -0.15) is 0 Å². The Morgan fingerprint density at radius 1 is 1.50 bits per heavy atom. The monoisotopic (exact) mass is 314 g/mol. The lowest BCUT2D eigenvalue weighted by Crippen LogP contribution is -2.43. The molecule has 1 amide bonds. The molecule has 1 aliphatic carbocycles. The van der Waals surface area contributed by atoms with Crippen LogP contribution in [0.3, 0.4) is 0 Å². The van der Waals surface area contributed by atoms with Gasteiger partial charge < -0.3 is 14.6 Å². The molecule has 1 aliphatic rings. The van der Waals surface area contributed by atoms with Gasteiger partial charge in [0.25, 0.3) is 5.56 Å². The minimum absolute atomic E-state index is 0.173. The van der Waals surface area contributed by atoms with Crippen molar-refractivity contribution in [2.75, 3.05) is 0 Å². The molecule has 2 unspecified atom stereocenters. The van der Waals surface area contributed by atoms with Crippen LogP contribution in [0.25, 0.3) is 0 Å². The molecule has 0 aliphatic heterocycles. The third-order valence-corrected chi connectivity index (χ3v) is 3.69. The number of rotatable bonds is 3. The van der Waals surface area contributed by atoms with E-state index < -0.39 is 35.1 Å². The standard InChI is InChI=1S/C15H20F2N2O3/c1-14(2,3)18-13(21)22-9-6-5-7-19(11(9)20)10-8-15(10,4)12(16)17/h5-7,10,12H,8H2,1-4H3,(H,18,21). The van der Waals surface area contributed by atoms with Crippen molar-refractivity contribution in [1.82, 2.24) is 9.88 Å². The summed E-state index contributed by atoms with van der Waals surface area (Å²) >= 11 is 0. The van der Waals surface area contributed by atoms with Crippen LogP contribution in [0.1, 0.15) is 40.2 Å². The van der Waals surface area contributed by atoms with Crippen molar-refractivity contribution in [2.45, 2.75) is 52.1 Å². The van der Waals surface area contributed by atoms with E-state index in [0.717, 1.165) is 0 Å². The maximum atomic E-state index is 13.0. The molecular weight excluding hydrogens is 294 g/mol. The van der Waals surface area contributed by atoms with Crippen molar-refractivity contribution in [3.8, 4) is 5.75 Å². The van der Waals surface area contributed by atoms with Gasteiger partial charge in [-0.05, 0) is 39.3 Å². The van der Waals surface area contributed by atoms with Crippen LogP contribution in [-0.2, 0) is 0 Å². The number of aromatic nitrogens is 1. The summed E-state index contributed by atoms with van der Waals surface area (Å²) in [6.45, 7) is 6.76. The number of alkyl halides is 2. The van der Waals surface area contributed by atoms with Gasteiger partial charge in [-0.3, -0.25) is 4.79 Å². The minimum Gasteiger partial charge on any atom is -0.404 e. The number of halogens is 2. The lowest BCUT2D eigenvalue weighted by atomic mass is 10.1. The molecule has 0 aromatic carbocycles. The van der Waals surface area contributed by atoms with E-state index in [1.54, 1.807) is 20.8 Å². The fourth-order valence-corrected chi connectivity index (χ4v) is 2.25. The molecule has 122 valence electrons. The second-order valence-corrected chi connectivity index (χ2v) is 6.88. The number of hydrogen-bond acceptors (Lipinski definition) is 3. The van der Waals surface area contributed by atoms with E-state index in [4.69, 9.17) is 4.74 Å². The smallest absolute Gasteiger partial charge is 0.404 e. The van der Waals surface area contributed by atoms with Gasteiger partial charge >= 0.3 is 6.09 Å². The lowest BCUT2D eigenvalue weighted by Gasteiger charge is -2.20. The Morgan fingerprint density at radius 2 is 2.14 bits per heavy atom. The molecule has 0 radical (unpaired) electrons. The highest BCUT2D eigenvalue weighted by molar-refractivity contribution is 5.70. The highest BCUT2D eigenvalue weighted by atomic mass is 19.3. The molecule has 1 N–H and O–H groups in total. The van der Waals surface area contributed by atoms with Crippen LogP contribution >= 0.6 is 0 Å². The number of nitrogens with zero attached hydrogens (tertiary/aromatic N) is 1. The molecule has 1 fully saturated rings. The van der Waals surface area contributed by atoms with E-state index in [2.05, 4.69) is 5.32 Å². The Labute approximate surface area is 127 Å². The molecule has 0 spiro atoms. The Kier molecular flexibility index (Phi) is 4.02. The number of amides is 1. The van der Waals surface area contributed by atoms with Gasteiger partial charge in [0.15, 0.2) is 5.75 Å². The highest BCUT2D eigenvalue weighted by Gasteiger charge is 2.58. The van der Waals surface area contributed by atoms with Gasteiger partial charge in [-0.15, -0.1) is 0 Å². The van der Waals surface area contributed by atoms with E-state index in [1.165, 1.54) is 29.8 Å². The first kappa shape index (κ1) is 16.5. The van der Waals surface area contributed by atoms with Gasteiger partial charge in [-0.25, -0.2) is 13.6 Å². The summed E-state index contributed by atoms with van der Waals surface area (Å²) in [6, 6.07) is 2.28. The van der Waals surface area contributed by atoms with Crippen LogP contribution in [0.2, 0.25) is 0 Å². The first-order valence-corrected chi connectivity index (χ1v) is 7.04. The van der Waals surface area contributed by atoms with E-state index in [9.17, 15) is 18.4 Å². The molecule has 1 saturated carbocycles. The van der Waals surface area contributed by atoms with Crippen LogP contribution in [0, 0.1) is 5.41 Å². The molecule has 7 heteroatoms. The van der Waals surface area contributed by atoms with Crippen molar-refractivity contribution in [3.63, 3.8) is 0 Å². The normalized spacial score (nSPS) is 24.2. The summed E-state index contributed by atoms with van der Waals surface area (Å²) in [5.41, 5.74) is -2.29. The summed E-state index contributed by atoms with van der Waals surface area (Å²) < 4.78 is 32.1. The SMILES string of the molecule is CC(C)(C)NC(=O)Oc1cccn(C2CC2(C)C(F)F)c1=O. The molecule has 0 bridgehead atoms. The number of nitrogens with one attached hydrogen (secondary N) is 1. The second kappa shape index (κ2) is 5.37. The molecule has 0 saturated heterocycles. The average Bonchev–Trinajstić information content (AvgIpc) is 3.03. The van der Waals surface area contributed by atoms with Gasteiger partial charge in [0.2, 0.25) is 6.43 Å². The molecule has 22 heavy (non-hydrogen) atoms. The number of pyridine rings is 1. The van der Waals surface area contributed by atoms with Gasteiger partial charge in [0, 0.05) is 17.8 Å². The number of hydrogen-bond donors (Lipinski definition) is 1. The Bertz CT molecular complexity index is 636. The summed E-state index contributed by atoms with van der Waals surface area (Å²) in [4.78, 5) is 24.0. The van der Waals surface area contributed by atoms with E-state index in [0.29, 0.717) is 0 Å². The van der Waals surface area contributed by atoms with Gasteiger partial charge in [0.1, 0.15) is 0 Å². The fraction of sp³-hybridized carbons (Fsp3) is 0.600. The van der Waals surface area contributed by atoms with Crippen LogP contribution in [-0.4, -0.2) is 22.6 Å². The number of carbonyl (C=O) groups excluding carboxylic acids is 1. The quantitative estimate of drug-likeness (QED) is 0.933. The Morgan fingerprint density at radius 3 is 2.64 bits per heavy atom. The van der Waals surface area contributed by atoms with Crippen molar-refractivity contribution in [2.24, 2.45) is 5.41 Å². The third-order valence-electron chi connectivity index (χ3n) is 3.69.